The van der Waals surface area contributed by atoms with Crippen molar-refractivity contribution >= 4 is 17.7 Å². The summed E-state index contributed by atoms with van der Waals surface area (Å²) in [5.41, 5.74) is 3.00. The topological polar surface area (TPSA) is 68.0 Å². The number of carbonyl (C=O) groups is 1. The predicted molar refractivity (Wildman–Crippen MR) is 98.9 cm³/mol. The molecule has 1 N–H and O–H groups in total. The average Bonchev–Trinajstić information content (AvgIpc) is 3.11. The SMILES string of the molecule is Cc1ccc(-c2noc(CNC(=O)CSCc3ccc(F)cc3)n2)cc1. The Morgan fingerprint density at radius 1 is 1.15 bits per heavy atom. The van der Waals surface area contributed by atoms with Crippen molar-refractivity contribution in [1.29, 1.82) is 0 Å². The number of nitrogens with one attached hydrogen (secondary N) is 1. The molecule has 0 spiro atoms. The third-order valence-electron chi connectivity index (χ3n) is 3.63. The van der Waals surface area contributed by atoms with E-state index in [-0.39, 0.29) is 18.3 Å². The van der Waals surface area contributed by atoms with Gasteiger partial charge in [0, 0.05) is 11.3 Å². The van der Waals surface area contributed by atoms with Gasteiger partial charge in [0.05, 0.1) is 12.3 Å². The zero-order valence-corrected chi connectivity index (χ0v) is 15.1. The van der Waals surface area contributed by atoms with E-state index < -0.39 is 0 Å². The standard InChI is InChI=1S/C19H18FN3O2S/c1-13-2-6-15(7-3-13)19-22-18(25-23-19)10-21-17(24)12-26-11-14-4-8-16(20)9-5-14/h2-9H,10-12H2,1H3,(H,21,24). The predicted octanol–water partition coefficient (Wildman–Crippen LogP) is 3.73. The molecule has 1 aromatic heterocycles. The van der Waals surface area contributed by atoms with Crippen LogP contribution in [0.15, 0.2) is 53.1 Å². The fraction of sp³-hybridized carbons (Fsp3) is 0.211. The van der Waals surface area contributed by atoms with Crippen LogP contribution in [0.3, 0.4) is 0 Å². The number of thioether (sulfide) groups is 1. The fourth-order valence-corrected chi connectivity index (χ4v) is 3.03. The second-order valence-corrected chi connectivity index (χ2v) is 6.76. The second-order valence-electron chi connectivity index (χ2n) is 5.77. The van der Waals surface area contributed by atoms with E-state index in [0.717, 1.165) is 16.7 Å². The number of rotatable bonds is 7. The summed E-state index contributed by atoms with van der Waals surface area (Å²) in [5, 5.41) is 6.68. The third kappa shape index (κ3) is 5.16. The van der Waals surface area contributed by atoms with E-state index in [1.54, 1.807) is 12.1 Å². The number of nitrogens with zero attached hydrogens (tertiary/aromatic N) is 2. The Balaban J connectivity index is 1.43. The van der Waals surface area contributed by atoms with Gasteiger partial charge in [-0.3, -0.25) is 4.79 Å². The Kier molecular flexibility index (Phi) is 6.01. The molecule has 0 bridgehead atoms. The maximum atomic E-state index is 12.8. The first kappa shape index (κ1) is 18.1. The Bertz CT molecular complexity index is 863. The highest BCUT2D eigenvalue weighted by molar-refractivity contribution is 7.99. The first-order valence-corrected chi connectivity index (χ1v) is 9.24. The number of benzene rings is 2. The van der Waals surface area contributed by atoms with Crippen molar-refractivity contribution in [2.75, 3.05) is 5.75 Å². The lowest BCUT2D eigenvalue weighted by molar-refractivity contribution is -0.118. The molecule has 3 rings (SSSR count). The van der Waals surface area contributed by atoms with Gasteiger partial charge in [0.25, 0.3) is 0 Å². The first-order chi connectivity index (χ1) is 12.6. The van der Waals surface area contributed by atoms with Gasteiger partial charge in [-0.2, -0.15) is 4.98 Å². The highest BCUT2D eigenvalue weighted by Gasteiger charge is 2.10. The summed E-state index contributed by atoms with van der Waals surface area (Å²) in [4.78, 5) is 16.2. The Labute approximate surface area is 155 Å². The van der Waals surface area contributed by atoms with Crippen LogP contribution in [-0.4, -0.2) is 21.8 Å². The molecule has 3 aromatic rings. The number of aryl methyl sites for hydroxylation is 1. The lowest BCUT2D eigenvalue weighted by atomic mass is 10.1. The molecule has 0 unspecified atom stereocenters. The number of halogens is 1. The summed E-state index contributed by atoms with van der Waals surface area (Å²) < 4.78 is 18.0. The summed E-state index contributed by atoms with van der Waals surface area (Å²) in [6.45, 7) is 2.20. The zero-order chi connectivity index (χ0) is 18.4. The molecular formula is C19H18FN3O2S. The van der Waals surface area contributed by atoms with Crippen molar-refractivity contribution in [3.05, 3.63) is 71.4 Å². The molecule has 0 atom stereocenters. The van der Waals surface area contributed by atoms with Crippen molar-refractivity contribution in [3.8, 4) is 11.4 Å². The van der Waals surface area contributed by atoms with Crippen molar-refractivity contribution in [3.63, 3.8) is 0 Å². The van der Waals surface area contributed by atoms with Crippen LogP contribution in [0.4, 0.5) is 4.39 Å². The van der Waals surface area contributed by atoms with Gasteiger partial charge >= 0.3 is 0 Å². The molecule has 0 aliphatic heterocycles. The lowest BCUT2D eigenvalue weighted by Crippen LogP contribution is -2.24. The lowest BCUT2D eigenvalue weighted by Gasteiger charge is -2.03. The van der Waals surface area contributed by atoms with Crippen molar-refractivity contribution in [2.24, 2.45) is 0 Å². The van der Waals surface area contributed by atoms with Crippen LogP contribution in [0.25, 0.3) is 11.4 Å². The van der Waals surface area contributed by atoms with Gasteiger partial charge in [0.1, 0.15) is 5.82 Å². The molecule has 1 heterocycles. The highest BCUT2D eigenvalue weighted by Crippen LogP contribution is 2.16. The first-order valence-electron chi connectivity index (χ1n) is 8.08. The quantitative estimate of drug-likeness (QED) is 0.685. The minimum Gasteiger partial charge on any atom is -0.346 e. The summed E-state index contributed by atoms with van der Waals surface area (Å²) in [6, 6.07) is 14.1. The molecule has 134 valence electrons. The zero-order valence-electron chi connectivity index (χ0n) is 14.2. The van der Waals surface area contributed by atoms with E-state index in [0.29, 0.717) is 23.2 Å². The van der Waals surface area contributed by atoms with E-state index in [9.17, 15) is 9.18 Å². The Morgan fingerprint density at radius 3 is 2.62 bits per heavy atom. The summed E-state index contributed by atoms with van der Waals surface area (Å²) in [7, 11) is 0. The van der Waals surface area contributed by atoms with E-state index in [2.05, 4.69) is 15.5 Å². The van der Waals surface area contributed by atoms with Crippen molar-refractivity contribution < 1.29 is 13.7 Å². The van der Waals surface area contributed by atoms with Gasteiger partial charge in [-0.15, -0.1) is 11.8 Å². The molecule has 0 radical (unpaired) electrons. The van der Waals surface area contributed by atoms with E-state index >= 15 is 0 Å². The van der Waals surface area contributed by atoms with Crippen LogP contribution in [0.2, 0.25) is 0 Å². The molecule has 1 amide bonds. The molecule has 0 aliphatic rings. The van der Waals surface area contributed by atoms with Crippen LogP contribution >= 0.6 is 11.8 Å². The maximum Gasteiger partial charge on any atom is 0.246 e. The molecule has 0 aliphatic carbocycles. The number of hydrogen-bond acceptors (Lipinski definition) is 5. The maximum absolute atomic E-state index is 12.8. The summed E-state index contributed by atoms with van der Waals surface area (Å²) in [6.07, 6.45) is 0. The number of hydrogen-bond donors (Lipinski definition) is 1. The average molecular weight is 371 g/mol. The molecule has 7 heteroatoms. The van der Waals surface area contributed by atoms with E-state index in [1.165, 1.54) is 23.9 Å². The van der Waals surface area contributed by atoms with Gasteiger partial charge in [0.2, 0.25) is 17.6 Å². The third-order valence-corrected chi connectivity index (χ3v) is 4.63. The van der Waals surface area contributed by atoms with Crippen LogP contribution in [0, 0.1) is 12.7 Å². The number of carbonyl (C=O) groups excluding carboxylic acids is 1. The van der Waals surface area contributed by atoms with Crippen LogP contribution in [0.1, 0.15) is 17.0 Å². The van der Waals surface area contributed by atoms with Gasteiger partial charge in [0.15, 0.2) is 0 Å². The van der Waals surface area contributed by atoms with Gasteiger partial charge in [-0.1, -0.05) is 47.1 Å². The van der Waals surface area contributed by atoms with Crippen molar-refractivity contribution in [1.82, 2.24) is 15.5 Å². The molecule has 0 saturated carbocycles. The minimum absolute atomic E-state index is 0.118. The van der Waals surface area contributed by atoms with Crippen LogP contribution in [0.5, 0.6) is 0 Å². The molecule has 0 fully saturated rings. The Morgan fingerprint density at radius 2 is 1.88 bits per heavy atom. The molecule has 26 heavy (non-hydrogen) atoms. The molecule has 5 nitrogen and oxygen atoms in total. The monoisotopic (exact) mass is 371 g/mol. The van der Waals surface area contributed by atoms with Crippen molar-refractivity contribution in [2.45, 2.75) is 19.2 Å². The second kappa shape index (κ2) is 8.62. The van der Waals surface area contributed by atoms with E-state index in [1.807, 2.05) is 31.2 Å². The van der Waals surface area contributed by atoms with Crippen LogP contribution < -0.4 is 5.32 Å². The van der Waals surface area contributed by atoms with Gasteiger partial charge in [-0.05, 0) is 24.6 Å². The fourth-order valence-electron chi connectivity index (χ4n) is 2.21. The minimum atomic E-state index is -0.263. The number of amides is 1. The molecular weight excluding hydrogens is 353 g/mol. The van der Waals surface area contributed by atoms with Gasteiger partial charge in [-0.25, -0.2) is 4.39 Å². The smallest absolute Gasteiger partial charge is 0.246 e. The molecule has 2 aromatic carbocycles. The van der Waals surface area contributed by atoms with Crippen LogP contribution in [-0.2, 0) is 17.1 Å². The van der Waals surface area contributed by atoms with Gasteiger partial charge < -0.3 is 9.84 Å². The number of aromatic nitrogens is 2. The summed E-state index contributed by atoms with van der Waals surface area (Å²) >= 11 is 1.46. The summed E-state index contributed by atoms with van der Waals surface area (Å²) in [5.74, 6) is 1.42. The van der Waals surface area contributed by atoms with E-state index in [4.69, 9.17) is 4.52 Å². The normalized spacial score (nSPS) is 10.7. The Hall–Kier alpha value is -2.67. The molecule has 0 saturated heterocycles. The highest BCUT2D eigenvalue weighted by atomic mass is 32.2. The largest absolute Gasteiger partial charge is 0.346 e.